The Labute approximate surface area is 84.3 Å². The quantitative estimate of drug-likeness (QED) is 0.815. The number of anilines is 1. The van der Waals surface area contributed by atoms with Gasteiger partial charge in [-0.25, -0.2) is 4.98 Å². The van der Waals surface area contributed by atoms with Crippen LogP contribution in [0.3, 0.4) is 0 Å². The molecule has 0 fully saturated rings. The van der Waals surface area contributed by atoms with E-state index < -0.39 is 0 Å². The number of rotatable bonds is 5. The molecular weight excluding hydrogens is 240 g/mol. The molecule has 1 aromatic heterocycles. The van der Waals surface area contributed by atoms with Gasteiger partial charge < -0.3 is 10.1 Å². The monoisotopic (exact) mass is 250 g/mol. The first-order chi connectivity index (χ1) is 5.83. The molecular formula is C7H11BrN2OS. The third-order valence-electron chi connectivity index (χ3n) is 1.28. The normalized spacial score (nSPS) is 10.2. The van der Waals surface area contributed by atoms with E-state index in [1.54, 1.807) is 18.4 Å². The van der Waals surface area contributed by atoms with E-state index in [0.717, 1.165) is 29.3 Å². The lowest BCUT2D eigenvalue weighted by molar-refractivity contribution is 0.198. The lowest BCUT2D eigenvalue weighted by Gasteiger charge is -2.00. The van der Waals surface area contributed by atoms with E-state index in [1.807, 2.05) is 5.38 Å². The van der Waals surface area contributed by atoms with Crippen molar-refractivity contribution in [3.05, 3.63) is 9.98 Å². The maximum Gasteiger partial charge on any atom is 0.183 e. The summed E-state index contributed by atoms with van der Waals surface area (Å²) in [6.45, 7) is 1.70. The van der Waals surface area contributed by atoms with Gasteiger partial charge in [0.15, 0.2) is 5.13 Å². The predicted octanol–water partition coefficient (Wildman–Crippen LogP) is 2.35. The van der Waals surface area contributed by atoms with Gasteiger partial charge in [-0.15, -0.1) is 11.3 Å². The summed E-state index contributed by atoms with van der Waals surface area (Å²) in [5.74, 6) is 0. The summed E-state index contributed by atoms with van der Waals surface area (Å²) in [6, 6.07) is 0. The van der Waals surface area contributed by atoms with Crippen molar-refractivity contribution in [2.75, 3.05) is 25.6 Å². The highest BCUT2D eigenvalue weighted by molar-refractivity contribution is 9.10. The van der Waals surface area contributed by atoms with Crippen molar-refractivity contribution in [3.8, 4) is 0 Å². The van der Waals surface area contributed by atoms with Gasteiger partial charge in [0.2, 0.25) is 0 Å². The van der Waals surface area contributed by atoms with Crippen LogP contribution < -0.4 is 5.32 Å². The van der Waals surface area contributed by atoms with Crippen LogP contribution in [-0.4, -0.2) is 25.2 Å². The number of hydrogen-bond acceptors (Lipinski definition) is 4. The van der Waals surface area contributed by atoms with Gasteiger partial charge in [-0.2, -0.15) is 0 Å². The SMILES string of the molecule is COCCCNc1nc(Br)cs1. The van der Waals surface area contributed by atoms with Crippen LogP contribution in [0.2, 0.25) is 0 Å². The summed E-state index contributed by atoms with van der Waals surface area (Å²) in [6.07, 6.45) is 1.01. The van der Waals surface area contributed by atoms with E-state index in [0.29, 0.717) is 0 Å². The van der Waals surface area contributed by atoms with Gasteiger partial charge in [0.25, 0.3) is 0 Å². The maximum absolute atomic E-state index is 4.92. The molecule has 1 heterocycles. The van der Waals surface area contributed by atoms with Crippen molar-refractivity contribution >= 4 is 32.4 Å². The first-order valence-electron chi connectivity index (χ1n) is 3.67. The summed E-state index contributed by atoms with van der Waals surface area (Å²) in [5, 5.41) is 6.11. The van der Waals surface area contributed by atoms with Crippen LogP contribution in [0.4, 0.5) is 5.13 Å². The number of nitrogens with zero attached hydrogens (tertiary/aromatic N) is 1. The van der Waals surface area contributed by atoms with Crippen LogP contribution in [0.25, 0.3) is 0 Å². The van der Waals surface area contributed by atoms with Gasteiger partial charge >= 0.3 is 0 Å². The summed E-state index contributed by atoms with van der Waals surface area (Å²) in [5.41, 5.74) is 0. The summed E-state index contributed by atoms with van der Waals surface area (Å²) in [4.78, 5) is 4.19. The van der Waals surface area contributed by atoms with Crippen molar-refractivity contribution in [2.24, 2.45) is 0 Å². The lowest BCUT2D eigenvalue weighted by Crippen LogP contribution is -2.03. The van der Waals surface area contributed by atoms with E-state index in [-0.39, 0.29) is 0 Å². The molecule has 0 saturated carbocycles. The molecule has 0 radical (unpaired) electrons. The summed E-state index contributed by atoms with van der Waals surface area (Å²) in [7, 11) is 1.71. The smallest absolute Gasteiger partial charge is 0.183 e. The van der Waals surface area contributed by atoms with Crippen molar-refractivity contribution in [1.82, 2.24) is 4.98 Å². The van der Waals surface area contributed by atoms with Crippen LogP contribution in [0.1, 0.15) is 6.42 Å². The predicted molar refractivity (Wildman–Crippen MR) is 54.8 cm³/mol. The Morgan fingerprint density at radius 3 is 3.17 bits per heavy atom. The lowest BCUT2D eigenvalue weighted by atomic mass is 10.4. The second kappa shape index (κ2) is 5.50. The number of nitrogens with one attached hydrogen (secondary N) is 1. The third kappa shape index (κ3) is 3.51. The average Bonchev–Trinajstić information content (AvgIpc) is 2.45. The van der Waals surface area contributed by atoms with Gasteiger partial charge in [-0.3, -0.25) is 0 Å². The van der Waals surface area contributed by atoms with Crippen molar-refractivity contribution < 1.29 is 4.74 Å². The highest BCUT2D eigenvalue weighted by Crippen LogP contribution is 2.18. The zero-order valence-corrected chi connectivity index (χ0v) is 9.24. The molecule has 0 aliphatic rings. The van der Waals surface area contributed by atoms with Gasteiger partial charge in [-0.05, 0) is 22.4 Å². The van der Waals surface area contributed by atoms with Crippen LogP contribution in [0.15, 0.2) is 9.98 Å². The van der Waals surface area contributed by atoms with Gasteiger partial charge in [-0.1, -0.05) is 0 Å². The molecule has 0 amide bonds. The third-order valence-corrected chi connectivity index (χ3v) is 2.79. The zero-order chi connectivity index (χ0) is 8.81. The number of hydrogen-bond donors (Lipinski definition) is 1. The second-order valence-electron chi connectivity index (χ2n) is 2.25. The molecule has 0 unspecified atom stereocenters. The zero-order valence-electron chi connectivity index (χ0n) is 6.84. The van der Waals surface area contributed by atoms with E-state index in [4.69, 9.17) is 4.74 Å². The molecule has 1 N–H and O–H groups in total. The fourth-order valence-corrected chi connectivity index (χ4v) is 1.92. The number of aromatic nitrogens is 1. The molecule has 0 atom stereocenters. The maximum atomic E-state index is 4.92. The molecule has 12 heavy (non-hydrogen) atoms. The molecule has 1 rings (SSSR count). The Balaban J connectivity index is 2.15. The van der Waals surface area contributed by atoms with Crippen molar-refractivity contribution in [1.29, 1.82) is 0 Å². The van der Waals surface area contributed by atoms with Crippen LogP contribution in [0.5, 0.6) is 0 Å². The first kappa shape index (κ1) is 9.95. The largest absolute Gasteiger partial charge is 0.385 e. The second-order valence-corrected chi connectivity index (χ2v) is 3.92. The van der Waals surface area contributed by atoms with Gasteiger partial charge in [0, 0.05) is 25.6 Å². The first-order valence-corrected chi connectivity index (χ1v) is 5.34. The molecule has 1 aromatic rings. The summed E-state index contributed by atoms with van der Waals surface area (Å²) < 4.78 is 5.81. The van der Waals surface area contributed by atoms with Crippen LogP contribution in [-0.2, 0) is 4.74 Å². The van der Waals surface area contributed by atoms with E-state index in [9.17, 15) is 0 Å². The van der Waals surface area contributed by atoms with Crippen molar-refractivity contribution in [2.45, 2.75) is 6.42 Å². The van der Waals surface area contributed by atoms with E-state index in [2.05, 4.69) is 26.2 Å². The Morgan fingerprint density at radius 1 is 1.75 bits per heavy atom. The number of ether oxygens (including phenoxy) is 1. The minimum Gasteiger partial charge on any atom is -0.385 e. The van der Waals surface area contributed by atoms with E-state index >= 15 is 0 Å². The van der Waals surface area contributed by atoms with E-state index in [1.165, 1.54) is 0 Å². The standard InChI is InChI=1S/C7H11BrN2OS/c1-11-4-2-3-9-7-10-6(8)5-12-7/h5H,2-4H2,1H3,(H,9,10). The number of halogens is 1. The Hall–Kier alpha value is -0.130. The minimum absolute atomic E-state index is 0.791. The topological polar surface area (TPSA) is 34.1 Å². The number of thiazole rings is 1. The Bertz CT molecular complexity index is 229. The molecule has 5 heteroatoms. The van der Waals surface area contributed by atoms with Crippen LogP contribution >= 0.6 is 27.3 Å². The van der Waals surface area contributed by atoms with Gasteiger partial charge in [0.05, 0.1) is 0 Å². The minimum atomic E-state index is 0.791. The Kier molecular flexibility index (Phi) is 4.57. The molecule has 0 saturated heterocycles. The van der Waals surface area contributed by atoms with Crippen molar-refractivity contribution in [3.63, 3.8) is 0 Å². The summed E-state index contributed by atoms with van der Waals surface area (Å²) >= 11 is 4.89. The highest BCUT2D eigenvalue weighted by atomic mass is 79.9. The number of methoxy groups -OCH3 is 1. The molecule has 68 valence electrons. The Morgan fingerprint density at radius 2 is 2.58 bits per heavy atom. The molecule has 0 aliphatic heterocycles. The molecule has 0 aromatic carbocycles. The highest BCUT2D eigenvalue weighted by Gasteiger charge is 1.96. The fraction of sp³-hybridized carbons (Fsp3) is 0.571. The molecule has 0 spiro atoms. The average molecular weight is 251 g/mol. The van der Waals surface area contributed by atoms with Crippen LogP contribution in [0, 0.1) is 0 Å². The molecule has 3 nitrogen and oxygen atoms in total. The van der Waals surface area contributed by atoms with Gasteiger partial charge in [0.1, 0.15) is 4.60 Å². The molecule has 0 bridgehead atoms. The molecule has 0 aliphatic carbocycles. The fourth-order valence-electron chi connectivity index (χ4n) is 0.747.